The van der Waals surface area contributed by atoms with Crippen LogP contribution in [0.15, 0.2) is 54.7 Å². The zero-order valence-corrected chi connectivity index (χ0v) is 12.8. The molecule has 3 rings (SSSR count). The lowest BCUT2D eigenvalue weighted by Gasteiger charge is -2.15. The van der Waals surface area contributed by atoms with Crippen LogP contribution in [0.25, 0.3) is 10.9 Å². The van der Waals surface area contributed by atoms with E-state index in [0.29, 0.717) is 11.4 Å². The Kier molecular flexibility index (Phi) is 4.11. The maximum absolute atomic E-state index is 12.2. The molecule has 3 aromatic rings. The van der Waals surface area contributed by atoms with E-state index in [4.69, 9.17) is 16.3 Å². The van der Waals surface area contributed by atoms with Crippen LogP contribution in [0.4, 0.5) is 0 Å². The van der Waals surface area contributed by atoms with Crippen LogP contribution < -0.4 is 0 Å². The summed E-state index contributed by atoms with van der Waals surface area (Å²) in [7, 11) is 1.39. The molecule has 0 aliphatic rings. The summed E-state index contributed by atoms with van der Waals surface area (Å²) in [5, 5.41) is 6.02. The van der Waals surface area contributed by atoms with Gasteiger partial charge in [0.15, 0.2) is 6.04 Å². The molecule has 112 valence electrons. The maximum Gasteiger partial charge on any atom is 0.331 e. The van der Waals surface area contributed by atoms with Crippen LogP contribution >= 0.6 is 11.6 Å². The molecule has 0 spiro atoms. The summed E-state index contributed by atoms with van der Waals surface area (Å²) in [6.45, 7) is 0. The number of ether oxygens (including phenoxy) is 1. The van der Waals surface area contributed by atoms with Crippen molar-refractivity contribution in [2.75, 3.05) is 7.11 Å². The highest BCUT2D eigenvalue weighted by molar-refractivity contribution is 6.31. The van der Waals surface area contributed by atoms with Crippen molar-refractivity contribution >= 4 is 28.5 Å². The summed E-state index contributed by atoms with van der Waals surface area (Å²) in [5.74, 6) is -0.317. The smallest absolute Gasteiger partial charge is 0.331 e. The molecule has 0 N–H and O–H groups in total. The highest BCUT2D eigenvalue weighted by Gasteiger charge is 2.23. The minimum Gasteiger partial charge on any atom is -0.467 e. The molecule has 4 nitrogen and oxygen atoms in total. The summed E-state index contributed by atoms with van der Waals surface area (Å²) in [4.78, 5) is 12.2. The van der Waals surface area contributed by atoms with Crippen molar-refractivity contribution in [1.82, 2.24) is 9.78 Å². The fraction of sp³-hybridized carbons (Fsp3) is 0.176. The van der Waals surface area contributed by atoms with Gasteiger partial charge in [0, 0.05) is 23.0 Å². The van der Waals surface area contributed by atoms with E-state index in [9.17, 15) is 4.79 Å². The van der Waals surface area contributed by atoms with Crippen molar-refractivity contribution in [3.05, 3.63) is 65.3 Å². The van der Waals surface area contributed by atoms with Gasteiger partial charge in [0.1, 0.15) is 0 Å². The molecule has 1 unspecified atom stereocenters. The number of carbonyl (C=O) groups is 1. The van der Waals surface area contributed by atoms with Gasteiger partial charge in [-0.05, 0) is 23.8 Å². The second-order valence-corrected chi connectivity index (χ2v) is 5.48. The third kappa shape index (κ3) is 2.97. The third-order valence-corrected chi connectivity index (χ3v) is 3.78. The lowest BCUT2D eigenvalue weighted by atomic mass is 10.1. The molecule has 5 heteroatoms. The van der Waals surface area contributed by atoms with Gasteiger partial charge in [-0.15, -0.1) is 0 Å². The second kappa shape index (κ2) is 6.20. The van der Waals surface area contributed by atoms with Crippen molar-refractivity contribution in [2.45, 2.75) is 12.5 Å². The number of nitrogens with zero attached hydrogens (tertiary/aromatic N) is 2. The highest BCUT2D eigenvalue weighted by atomic mass is 35.5. The Morgan fingerprint density at radius 3 is 2.77 bits per heavy atom. The summed E-state index contributed by atoms with van der Waals surface area (Å²) in [6.07, 6.45) is 2.35. The quantitative estimate of drug-likeness (QED) is 0.690. The largest absolute Gasteiger partial charge is 0.467 e. The van der Waals surface area contributed by atoms with Crippen LogP contribution in [0.5, 0.6) is 0 Å². The highest BCUT2D eigenvalue weighted by Crippen LogP contribution is 2.22. The summed E-state index contributed by atoms with van der Waals surface area (Å²) < 4.78 is 6.59. The Labute approximate surface area is 133 Å². The minimum atomic E-state index is -0.501. The van der Waals surface area contributed by atoms with E-state index >= 15 is 0 Å². The minimum absolute atomic E-state index is 0.317. The standard InChI is InChI=1S/C17H15ClN2O2/c1-22-17(21)16(9-12-5-3-2-4-6-12)20-11-13-10-14(18)7-8-15(13)19-20/h2-8,10-11,16H,9H2,1H3. The first-order valence-electron chi connectivity index (χ1n) is 6.93. The number of aromatic nitrogens is 2. The van der Waals surface area contributed by atoms with E-state index < -0.39 is 6.04 Å². The fourth-order valence-corrected chi connectivity index (χ4v) is 2.61. The molecular weight excluding hydrogens is 300 g/mol. The van der Waals surface area contributed by atoms with Crippen LogP contribution in [0.3, 0.4) is 0 Å². The second-order valence-electron chi connectivity index (χ2n) is 5.04. The lowest BCUT2D eigenvalue weighted by Crippen LogP contribution is -2.23. The molecule has 0 saturated heterocycles. The first-order valence-corrected chi connectivity index (χ1v) is 7.31. The molecular formula is C17H15ClN2O2. The van der Waals surface area contributed by atoms with E-state index in [1.807, 2.05) is 48.7 Å². The SMILES string of the molecule is COC(=O)C(Cc1ccccc1)n1cc2cc(Cl)ccc2n1. The van der Waals surface area contributed by atoms with Crippen molar-refractivity contribution < 1.29 is 9.53 Å². The van der Waals surface area contributed by atoms with E-state index in [1.54, 1.807) is 10.7 Å². The Hall–Kier alpha value is -2.33. The Morgan fingerprint density at radius 2 is 2.05 bits per heavy atom. The molecule has 2 aromatic carbocycles. The molecule has 1 heterocycles. The molecule has 0 fully saturated rings. The van der Waals surface area contributed by atoms with Gasteiger partial charge in [-0.1, -0.05) is 41.9 Å². The number of carbonyl (C=O) groups excluding carboxylic acids is 1. The molecule has 0 aliphatic heterocycles. The number of benzene rings is 2. The Balaban J connectivity index is 1.98. The van der Waals surface area contributed by atoms with Crippen LogP contribution in [0.2, 0.25) is 5.02 Å². The number of esters is 1. The zero-order chi connectivity index (χ0) is 15.5. The van der Waals surface area contributed by atoms with Crippen molar-refractivity contribution in [2.24, 2.45) is 0 Å². The van der Waals surface area contributed by atoms with Gasteiger partial charge < -0.3 is 4.74 Å². The van der Waals surface area contributed by atoms with Gasteiger partial charge in [-0.2, -0.15) is 5.10 Å². The predicted octanol–water partition coefficient (Wildman–Crippen LogP) is 3.65. The molecule has 0 amide bonds. The zero-order valence-electron chi connectivity index (χ0n) is 12.1. The van der Waals surface area contributed by atoms with Crippen LogP contribution in [0, 0.1) is 0 Å². The predicted molar refractivity (Wildman–Crippen MR) is 85.9 cm³/mol. The monoisotopic (exact) mass is 314 g/mol. The van der Waals surface area contributed by atoms with Crippen molar-refractivity contribution in [3.8, 4) is 0 Å². The molecule has 22 heavy (non-hydrogen) atoms. The molecule has 1 atom stereocenters. The fourth-order valence-electron chi connectivity index (χ4n) is 2.43. The van der Waals surface area contributed by atoms with Gasteiger partial charge in [0.25, 0.3) is 0 Å². The summed E-state index contributed by atoms with van der Waals surface area (Å²) in [5.41, 5.74) is 1.85. The topological polar surface area (TPSA) is 44.1 Å². The van der Waals surface area contributed by atoms with Crippen molar-refractivity contribution in [1.29, 1.82) is 0 Å². The van der Waals surface area contributed by atoms with E-state index in [0.717, 1.165) is 16.5 Å². The summed E-state index contributed by atoms with van der Waals surface area (Å²) in [6, 6.07) is 14.8. The number of hydrogen-bond donors (Lipinski definition) is 0. The molecule has 0 aliphatic carbocycles. The van der Waals surface area contributed by atoms with Crippen molar-refractivity contribution in [3.63, 3.8) is 0 Å². The number of hydrogen-bond acceptors (Lipinski definition) is 3. The average Bonchev–Trinajstić information content (AvgIpc) is 2.95. The van der Waals surface area contributed by atoms with Gasteiger partial charge in [-0.3, -0.25) is 4.68 Å². The molecule has 0 bridgehead atoms. The van der Waals surface area contributed by atoms with Gasteiger partial charge >= 0.3 is 5.97 Å². The molecule has 0 radical (unpaired) electrons. The van der Waals surface area contributed by atoms with E-state index in [2.05, 4.69) is 5.10 Å². The van der Waals surface area contributed by atoms with Gasteiger partial charge in [0.05, 0.1) is 12.6 Å². The number of methoxy groups -OCH3 is 1. The number of fused-ring (bicyclic) bond motifs is 1. The molecule has 0 saturated carbocycles. The van der Waals surface area contributed by atoms with E-state index in [1.165, 1.54) is 7.11 Å². The summed E-state index contributed by atoms with van der Waals surface area (Å²) >= 11 is 6.00. The normalized spacial score (nSPS) is 12.3. The first kappa shape index (κ1) is 14.6. The Bertz CT molecular complexity index is 799. The van der Waals surface area contributed by atoms with Crippen LogP contribution in [0.1, 0.15) is 11.6 Å². The average molecular weight is 315 g/mol. The Morgan fingerprint density at radius 1 is 1.27 bits per heavy atom. The van der Waals surface area contributed by atoms with E-state index in [-0.39, 0.29) is 5.97 Å². The van der Waals surface area contributed by atoms with Crippen LogP contribution in [-0.4, -0.2) is 22.9 Å². The lowest BCUT2D eigenvalue weighted by molar-refractivity contribution is -0.144. The third-order valence-electron chi connectivity index (χ3n) is 3.55. The first-order chi connectivity index (χ1) is 10.7. The number of rotatable bonds is 4. The molecule has 1 aromatic heterocycles. The van der Waals surface area contributed by atoms with Gasteiger partial charge in [-0.25, -0.2) is 4.79 Å². The van der Waals surface area contributed by atoms with Crippen LogP contribution in [-0.2, 0) is 16.0 Å². The number of halogens is 1. The maximum atomic E-state index is 12.2. The van der Waals surface area contributed by atoms with Gasteiger partial charge in [0.2, 0.25) is 0 Å².